The fourth-order valence-corrected chi connectivity index (χ4v) is 2.10. The molecule has 2 amide bonds. The Hall–Kier alpha value is -1.70. The standard InChI is InChI=1S/C12H20N4O3S/c1-16-7-6-13-10(16)3-5-14-12(19)15-9(11(17)18)4-8-20-2/h6-7,9H,3-5,8H2,1-2H3,(H,17,18)(H2,14,15,19). The predicted molar refractivity (Wildman–Crippen MR) is 77.9 cm³/mol. The van der Waals surface area contributed by atoms with Crippen LogP contribution in [0.2, 0.25) is 0 Å². The van der Waals surface area contributed by atoms with Gasteiger partial charge < -0.3 is 20.3 Å². The van der Waals surface area contributed by atoms with E-state index in [1.54, 1.807) is 18.0 Å². The third-order valence-corrected chi connectivity index (χ3v) is 3.41. The fourth-order valence-electron chi connectivity index (χ4n) is 1.63. The molecule has 1 aromatic rings. The van der Waals surface area contributed by atoms with Gasteiger partial charge in [0.1, 0.15) is 11.9 Å². The van der Waals surface area contributed by atoms with E-state index in [0.717, 1.165) is 5.82 Å². The molecule has 0 bridgehead atoms. The van der Waals surface area contributed by atoms with Gasteiger partial charge in [0.05, 0.1) is 0 Å². The highest BCUT2D eigenvalue weighted by Crippen LogP contribution is 2.01. The lowest BCUT2D eigenvalue weighted by atomic mass is 10.2. The van der Waals surface area contributed by atoms with E-state index in [1.165, 1.54) is 0 Å². The molecule has 1 rings (SSSR count). The normalized spacial score (nSPS) is 11.9. The van der Waals surface area contributed by atoms with Crippen LogP contribution in [0.3, 0.4) is 0 Å². The summed E-state index contributed by atoms with van der Waals surface area (Å²) >= 11 is 1.55. The first-order valence-corrected chi connectivity index (χ1v) is 7.66. The van der Waals surface area contributed by atoms with Crippen molar-refractivity contribution in [3.63, 3.8) is 0 Å². The highest BCUT2D eigenvalue weighted by atomic mass is 32.2. The first-order chi connectivity index (χ1) is 9.54. The molecule has 0 radical (unpaired) electrons. The van der Waals surface area contributed by atoms with E-state index < -0.39 is 18.0 Å². The first kappa shape index (κ1) is 16.4. The van der Waals surface area contributed by atoms with Crippen LogP contribution in [0, 0.1) is 0 Å². The molecule has 7 nitrogen and oxygen atoms in total. The Morgan fingerprint density at radius 2 is 2.30 bits per heavy atom. The Kier molecular flexibility index (Phi) is 6.92. The number of hydrogen-bond acceptors (Lipinski definition) is 4. The van der Waals surface area contributed by atoms with Gasteiger partial charge in [-0.25, -0.2) is 14.6 Å². The molecular weight excluding hydrogens is 280 g/mol. The first-order valence-electron chi connectivity index (χ1n) is 6.27. The van der Waals surface area contributed by atoms with Crippen molar-refractivity contribution in [2.24, 2.45) is 7.05 Å². The van der Waals surface area contributed by atoms with Gasteiger partial charge >= 0.3 is 12.0 Å². The summed E-state index contributed by atoms with van der Waals surface area (Å²) < 4.78 is 1.87. The van der Waals surface area contributed by atoms with E-state index in [0.29, 0.717) is 25.1 Å². The van der Waals surface area contributed by atoms with Crippen molar-refractivity contribution in [3.8, 4) is 0 Å². The maximum Gasteiger partial charge on any atom is 0.326 e. The Balaban J connectivity index is 2.31. The molecule has 1 aromatic heterocycles. The number of hydrogen-bond donors (Lipinski definition) is 3. The topological polar surface area (TPSA) is 96.3 Å². The number of nitrogens with one attached hydrogen (secondary N) is 2. The SMILES string of the molecule is CSCCC(NC(=O)NCCc1nccn1C)C(=O)O. The number of carbonyl (C=O) groups excluding carboxylic acids is 1. The number of imidazole rings is 1. The molecule has 1 heterocycles. The van der Waals surface area contributed by atoms with E-state index in [-0.39, 0.29) is 0 Å². The average Bonchev–Trinajstić information content (AvgIpc) is 2.80. The molecule has 0 aromatic carbocycles. The van der Waals surface area contributed by atoms with Crippen LogP contribution in [0.5, 0.6) is 0 Å². The van der Waals surface area contributed by atoms with Crippen molar-refractivity contribution in [1.29, 1.82) is 0 Å². The Bertz CT molecular complexity index is 450. The minimum atomic E-state index is -1.02. The van der Waals surface area contributed by atoms with Crippen molar-refractivity contribution < 1.29 is 14.7 Å². The minimum Gasteiger partial charge on any atom is -0.480 e. The number of aliphatic carboxylic acids is 1. The Morgan fingerprint density at radius 1 is 1.55 bits per heavy atom. The van der Waals surface area contributed by atoms with Gasteiger partial charge in [-0.3, -0.25) is 0 Å². The molecule has 0 saturated heterocycles. The van der Waals surface area contributed by atoms with Crippen LogP contribution in [0.25, 0.3) is 0 Å². The van der Waals surface area contributed by atoms with Crippen LogP contribution in [0.1, 0.15) is 12.2 Å². The van der Waals surface area contributed by atoms with Crippen molar-refractivity contribution >= 4 is 23.8 Å². The van der Waals surface area contributed by atoms with Gasteiger partial charge in [-0.15, -0.1) is 0 Å². The van der Waals surface area contributed by atoms with E-state index in [1.807, 2.05) is 24.1 Å². The number of carboxylic acid groups (broad SMARTS) is 1. The molecule has 0 aliphatic carbocycles. The summed E-state index contributed by atoms with van der Waals surface area (Å²) in [5.74, 6) is 0.533. The summed E-state index contributed by atoms with van der Waals surface area (Å²) in [6.45, 7) is 0.408. The highest BCUT2D eigenvalue weighted by molar-refractivity contribution is 7.98. The number of rotatable bonds is 8. The monoisotopic (exact) mass is 300 g/mol. The molecule has 0 spiro atoms. The fraction of sp³-hybridized carbons (Fsp3) is 0.583. The second-order valence-corrected chi connectivity index (χ2v) is 5.26. The average molecular weight is 300 g/mol. The maximum atomic E-state index is 11.6. The Labute approximate surface area is 122 Å². The zero-order valence-electron chi connectivity index (χ0n) is 11.6. The van der Waals surface area contributed by atoms with Gasteiger partial charge in [-0.05, 0) is 18.4 Å². The second kappa shape index (κ2) is 8.47. The summed E-state index contributed by atoms with van der Waals surface area (Å²) in [4.78, 5) is 26.7. The van der Waals surface area contributed by atoms with Crippen molar-refractivity contribution in [3.05, 3.63) is 18.2 Å². The second-order valence-electron chi connectivity index (χ2n) is 4.28. The summed E-state index contributed by atoms with van der Waals surface area (Å²) in [5, 5.41) is 14.1. The van der Waals surface area contributed by atoms with Crippen LogP contribution in [-0.4, -0.2) is 51.3 Å². The summed E-state index contributed by atoms with van der Waals surface area (Å²) in [5.41, 5.74) is 0. The van der Waals surface area contributed by atoms with Crippen LogP contribution >= 0.6 is 11.8 Å². The number of nitrogens with zero attached hydrogens (tertiary/aromatic N) is 2. The van der Waals surface area contributed by atoms with Gasteiger partial charge in [0.25, 0.3) is 0 Å². The zero-order chi connectivity index (χ0) is 15.0. The molecule has 0 aliphatic heterocycles. The van der Waals surface area contributed by atoms with Gasteiger partial charge in [-0.2, -0.15) is 11.8 Å². The third-order valence-electron chi connectivity index (χ3n) is 2.77. The van der Waals surface area contributed by atoms with Gasteiger partial charge in [0, 0.05) is 32.4 Å². The molecule has 1 atom stereocenters. The molecule has 0 aliphatic rings. The third kappa shape index (κ3) is 5.52. The highest BCUT2D eigenvalue weighted by Gasteiger charge is 2.18. The summed E-state index contributed by atoms with van der Waals surface area (Å²) in [6.07, 6.45) is 6.42. The molecule has 8 heteroatoms. The van der Waals surface area contributed by atoms with Crippen LogP contribution in [0.15, 0.2) is 12.4 Å². The van der Waals surface area contributed by atoms with E-state index in [9.17, 15) is 9.59 Å². The van der Waals surface area contributed by atoms with E-state index in [2.05, 4.69) is 15.6 Å². The molecule has 0 saturated carbocycles. The van der Waals surface area contributed by atoms with Gasteiger partial charge in [0.2, 0.25) is 0 Å². The van der Waals surface area contributed by atoms with E-state index >= 15 is 0 Å². The van der Waals surface area contributed by atoms with Gasteiger partial charge in [0.15, 0.2) is 0 Å². The summed E-state index contributed by atoms with van der Waals surface area (Å²) in [6, 6.07) is -1.32. The lowest BCUT2D eigenvalue weighted by Gasteiger charge is -2.14. The number of carbonyl (C=O) groups is 2. The smallest absolute Gasteiger partial charge is 0.326 e. The van der Waals surface area contributed by atoms with E-state index in [4.69, 9.17) is 5.11 Å². The summed E-state index contributed by atoms with van der Waals surface area (Å²) in [7, 11) is 1.88. The molecule has 3 N–H and O–H groups in total. The number of aryl methyl sites for hydroxylation is 1. The van der Waals surface area contributed by atoms with Crippen molar-refractivity contribution in [2.45, 2.75) is 18.9 Å². The lowest BCUT2D eigenvalue weighted by Crippen LogP contribution is -2.46. The number of carboxylic acids is 1. The number of thioether (sulfide) groups is 1. The van der Waals surface area contributed by atoms with Crippen LogP contribution < -0.4 is 10.6 Å². The molecule has 1 unspecified atom stereocenters. The minimum absolute atomic E-state index is 0.406. The largest absolute Gasteiger partial charge is 0.480 e. The van der Waals surface area contributed by atoms with Gasteiger partial charge in [-0.1, -0.05) is 0 Å². The number of amides is 2. The van der Waals surface area contributed by atoms with Crippen molar-refractivity contribution in [2.75, 3.05) is 18.6 Å². The number of aromatic nitrogens is 2. The zero-order valence-corrected chi connectivity index (χ0v) is 12.4. The quantitative estimate of drug-likeness (QED) is 0.648. The van der Waals surface area contributed by atoms with Crippen LogP contribution in [-0.2, 0) is 18.3 Å². The lowest BCUT2D eigenvalue weighted by molar-refractivity contribution is -0.139. The molecular formula is C12H20N4O3S. The molecule has 0 fully saturated rings. The molecule has 20 heavy (non-hydrogen) atoms. The Morgan fingerprint density at radius 3 is 2.85 bits per heavy atom. The van der Waals surface area contributed by atoms with Crippen LogP contribution in [0.4, 0.5) is 4.79 Å². The number of urea groups is 1. The van der Waals surface area contributed by atoms with Crippen molar-refractivity contribution in [1.82, 2.24) is 20.2 Å². The maximum absolute atomic E-state index is 11.6. The predicted octanol–water partition coefficient (Wildman–Crippen LogP) is 0.468. The molecule has 112 valence electrons.